The molecule has 2 aromatic heterocycles. The van der Waals surface area contributed by atoms with Gasteiger partial charge in [-0.1, -0.05) is 0 Å². The molecule has 3 N–H and O–H groups in total. The molecule has 1 amide bonds. The Morgan fingerprint density at radius 1 is 1.09 bits per heavy atom. The monoisotopic (exact) mass is 459 g/mol. The van der Waals surface area contributed by atoms with Gasteiger partial charge in [-0.2, -0.15) is 9.97 Å². The van der Waals surface area contributed by atoms with Gasteiger partial charge in [0.05, 0.1) is 13.2 Å². The Morgan fingerprint density at radius 3 is 2.34 bits per heavy atom. The normalized spacial score (nSPS) is 16.0. The Morgan fingerprint density at radius 2 is 1.75 bits per heavy atom. The molecule has 172 valence electrons. The molecular formula is C21H29N7O3S. The molecule has 1 saturated heterocycles. The highest BCUT2D eigenvalue weighted by Crippen LogP contribution is 2.41. The van der Waals surface area contributed by atoms with Gasteiger partial charge < -0.3 is 25.4 Å². The summed E-state index contributed by atoms with van der Waals surface area (Å²) in [5.74, 6) is 2.10. The third-order valence-corrected chi connectivity index (χ3v) is 6.03. The summed E-state index contributed by atoms with van der Waals surface area (Å²) < 4.78 is 11.7. The molecule has 2 fully saturated rings. The van der Waals surface area contributed by atoms with E-state index in [1.54, 1.807) is 6.07 Å². The van der Waals surface area contributed by atoms with Gasteiger partial charge in [-0.3, -0.25) is 4.79 Å². The second-order valence-corrected chi connectivity index (χ2v) is 8.68. The number of ether oxygens (including phenoxy) is 2. The highest BCUT2D eigenvalue weighted by Gasteiger charge is 2.30. The molecule has 1 aliphatic heterocycles. The standard InChI is InChI=1S/C21H29N7O3S/c1-3-30-18-16(19(31-4-2)27-20(26-18)28-10-6-5-7-11-28)32-21-23-14(22)12-15(25-21)24-17(29)13-8-9-13/h12-13H,3-11H2,1-2H3,(H3,22,23,24,25,29). The summed E-state index contributed by atoms with van der Waals surface area (Å²) in [7, 11) is 0. The van der Waals surface area contributed by atoms with Crippen molar-refractivity contribution in [3.63, 3.8) is 0 Å². The number of hydrogen-bond acceptors (Lipinski definition) is 10. The number of nitrogens with zero attached hydrogens (tertiary/aromatic N) is 5. The lowest BCUT2D eigenvalue weighted by Gasteiger charge is -2.27. The minimum absolute atomic E-state index is 0.0433. The van der Waals surface area contributed by atoms with Crippen molar-refractivity contribution in [1.82, 2.24) is 19.9 Å². The van der Waals surface area contributed by atoms with Crippen molar-refractivity contribution in [2.45, 2.75) is 56.0 Å². The highest BCUT2D eigenvalue weighted by atomic mass is 32.2. The quantitative estimate of drug-likeness (QED) is 0.540. The minimum atomic E-state index is -0.0433. The average molecular weight is 460 g/mol. The number of hydrogen-bond donors (Lipinski definition) is 2. The number of anilines is 3. The Hall–Kier alpha value is -2.82. The third kappa shape index (κ3) is 5.50. The van der Waals surface area contributed by atoms with Crippen LogP contribution < -0.4 is 25.4 Å². The second-order valence-electron chi connectivity index (χ2n) is 7.70. The number of carbonyl (C=O) groups excluding carboxylic acids is 1. The van der Waals surface area contributed by atoms with Crippen LogP contribution in [0.1, 0.15) is 46.0 Å². The molecule has 0 atom stereocenters. The third-order valence-electron chi connectivity index (χ3n) is 5.11. The molecule has 11 heteroatoms. The molecular weight excluding hydrogens is 430 g/mol. The predicted octanol–water partition coefficient (Wildman–Crippen LogP) is 3.14. The second kappa shape index (κ2) is 10.2. The van der Waals surface area contributed by atoms with Crippen molar-refractivity contribution in [2.24, 2.45) is 5.92 Å². The van der Waals surface area contributed by atoms with Crippen molar-refractivity contribution in [3.8, 4) is 11.8 Å². The van der Waals surface area contributed by atoms with Gasteiger partial charge in [0.2, 0.25) is 23.6 Å². The van der Waals surface area contributed by atoms with Crippen LogP contribution >= 0.6 is 11.8 Å². The zero-order valence-corrected chi connectivity index (χ0v) is 19.3. The van der Waals surface area contributed by atoms with Gasteiger partial charge in [0.1, 0.15) is 16.5 Å². The van der Waals surface area contributed by atoms with Crippen molar-refractivity contribution in [1.29, 1.82) is 0 Å². The Labute approximate surface area is 191 Å². The van der Waals surface area contributed by atoms with E-state index < -0.39 is 0 Å². The van der Waals surface area contributed by atoms with E-state index >= 15 is 0 Å². The number of aromatic nitrogens is 4. The van der Waals surface area contributed by atoms with Crippen LogP contribution in [0.4, 0.5) is 17.6 Å². The number of nitrogens with one attached hydrogen (secondary N) is 1. The van der Waals surface area contributed by atoms with Gasteiger partial charge >= 0.3 is 0 Å². The van der Waals surface area contributed by atoms with Crippen LogP contribution in [0, 0.1) is 5.92 Å². The lowest BCUT2D eigenvalue weighted by Crippen LogP contribution is -2.31. The van der Waals surface area contributed by atoms with E-state index in [1.807, 2.05) is 13.8 Å². The first-order chi connectivity index (χ1) is 15.6. The number of nitrogen functional groups attached to an aromatic ring is 1. The van der Waals surface area contributed by atoms with E-state index in [1.165, 1.54) is 18.2 Å². The summed E-state index contributed by atoms with van der Waals surface area (Å²) in [6.45, 7) is 6.50. The maximum atomic E-state index is 12.1. The molecule has 10 nitrogen and oxygen atoms in total. The molecule has 4 rings (SSSR count). The van der Waals surface area contributed by atoms with Gasteiger partial charge in [0.15, 0.2) is 5.16 Å². The number of amides is 1. The molecule has 0 aromatic carbocycles. The van der Waals surface area contributed by atoms with Crippen LogP contribution in [-0.2, 0) is 4.79 Å². The molecule has 0 radical (unpaired) electrons. The first-order valence-electron chi connectivity index (χ1n) is 11.1. The molecule has 32 heavy (non-hydrogen) atoms. The maximum absolute atomic E-state index is 12.1. The fourth-order valence-electron chi connectivity index (χ4n) is 3.41. The van der Waals surface area contributed by atoms with Crippen LogP contribution in [0.15, 0.2) is 16.1 Å². The fourth-order valence-corrected chi connectivity index (χ4v) is 4.27. The summed E-state index contributed by atoms with van der Waals surface area (Å²) in [6.07, 6.45) is 5.25. The molecule has 0 spiro atoms. The van der Waals surface area contributed by atoms with E-state index in [0.717, 1.165) is 38.8 Å². The first-order valence-corrected chi connectivity index (χ1v) is 11.9. The molecule has 2 aliphatic rings. The number of piperidine rings is 1. The summed E-state index contributed by atoms with van der Waals surface area (Å²) in [6, 6.07) is 1.55. The summed E-state index contributed by atoms with van der Waals surface area (Å²) >= 11 is 1.21. The Balaban J connectivity index is 1.65. The van der Waals surface area contributed by atoms with Gasteiger partial charge in [0.25, 0.3) is 0 Å². The van der Waals surface area contributed by atoms with Gasteiger partial charge in [-0.15, -0.1) is 0 Å². The smallest absolute Gasteiger partial charge is 0.236 e. The summed E-state index contributed by atoms with van der Waals surface area (Å²) in [5, 5.41) is 3.17. The van der Waals surface area contributed by atoms with Crippen molar-refractivity contribution < 1.29 is 14.3 Å². The average Bonchev–Trinajstić information content (AvgIpc) is 3.62. The van der Waals surface area contributed by atoms with E-state index in [9.17, 15) is 4.79 Å². The van der Waals surface area contributed by atoms with E-state index in [2.05, 4.69) is 30.2 Å². The molecule has 0 unspecified atom stereocenters. The first kappa shape index (κ1) is 22.4. The fraction of sp³-hybridized carbons (Fsp3) is 0.571. The van der Waals surface area contributed by atoms with Gasteiger partial charge in [-0.05, 0) is 57.7 Å². The molecule has 1 saturated carbocycles. The van der Waals surface area contributed by atoms with Crippen molar-refractivity contribution >= 4 is 35.3 Å². The maximum Gasteiger partial charge on any atom is 0.236 e. The van der Waals surface area contributed by atoms with Crippen LogP contribution in [0.25, 0.3) is 0 Å². The summed E-state index contributed by atoms with van der Waals surface area (Å²) in [4.78, 5) is 33.0. The lowest BCUT2D eigenvalue weighted by molar-refractivity contribution is -0.117. The SMILES string of the molecule is CCOc1nc(N2CCCCC2)nc(OCC)c1Sc1nc(N)cc(NC(=O)C2CC2)n1. The largest absolute Gasteiger partial charge is 0.477 e. The van der Waals surface area contributed by atoms with Crippen LogP contribution in [0.5, 0.6) is 11.8 Å². The van der Waals surface area contributed by atoms with Crippen LogP contribution in [-0.4, -0.2) is 52.1 Å². The Kier molecular flexibility index (Phi) is 7.13. The van der Waals surface area contributed by atoms with E-state index in [4.69, 9.17) is 15.2 Å². The Bertz CT molecular complexity index is 937. The van der Waals surface area contributed by atoms with E-state index in [-0.39, 0.29) is 17.6 Å². The number of carbonyl (C=O) groups is 1. The topological polar surface area (TPSA) is 128 Å². The zero-order valence-electron chi connectivity index (χ0n) is 18.5. The van der Waals surface area contributed by atoms with Crippen molar-refractivity contribution in [3.05, 3.63) is 6.07 Å². The molecule has 1 aliphatic carbocycles. The zero-order chi connectivity index (χ0) is 22.5. The number of nitrogens with two attached hydrogens (primary N) is 1. The van der Waals surface area contributed by atoms with Crippen molar-refractivity contribution in [2.75, 3.05) is 42.3 Å². The minimum Gasteiger partial charge on any atom is -0.477 e. The molecule has 2 aromatic rings. The van der Waals surface area contributed by atoms with Crippen LogP contribution in [0.3, 0.4) is 0 Å². The van der Waals surface area contributed by atoms with E-state index in [0.29, 0.717) is 46.8 Å². The predicted molar refractivity (Wildman–Crippen MR) is 122 cm³/mol. The van der Waals surface area contributed by atoms with Crippen LogP contribution in [0.2, 0.25) is 0 Å². The van der Waals surface area contributed by atoms with Gasteiger partial charge in [-0.25, -0.2) is 9.97 Å². The highest BCUT2D eigenvalue weighted by molar-refractivity contribution is 7.99. The molecule has 3 heterocycles. The number of rotatable bonds is 9. The lowest BCUT2D eigenvalue weighted by atomic mass is 10.1. The summed E-state index contributed by atoms with van der Waals surface area (Å²) in [5.41, 5.74) is 5.98. The molecule has 0 bridgehead atoms. The van der Waals surface area contributed by atoms with Gasteiger partial charge in [0, 0.05) is 25.1 Å².